The van der Waals surface area contributed by atoms with Crippen molar-refractivity contribution >= 4 is 35.5 Å². The molecule has 0 unspecified atom stereocenters. The Morgan fingerprint density at radius 3 is 2.58 bits per heavy atom. The van der Waals surface area contributed by atoms with Crippen molar-refractivity contribution in [2.75, 3.05) is 5.75 Å². The summed E-state index contributed by atoms with van der Waals surface area (Å²) in [5, 5.41) is 15.6. The number of nitrogens with two attached hydrogens (primary N) is 1. The molecule has 2 aliphatic heterocycles. The van der Waals surface area contributed by atoms with Gasteiger partial charge in [-0.3, -0.25) is 19.6 Å². The van der Waals surface area contributed by atoms with Crippen molar-refractivity contribution in [1.29, 1.82) is 0 Å². The fourth-order valence-electron chi connectivity index (χ4n) is 2.85. The zero-order chi connectivity index (χ0) is 17.7. The highest BCUT2D eigenvalue weighted by Gasteiger charge is 2.42. The molecule has 134 valence electrons. The lowest BCUT2D eigenvalue weighted by Gasteiger charge is -2.17. The Balaban J connectivity index is 1.63. The summed E-state index contributed by atoms with van der Waals surface area (Å²) < 4.78 is 0. The number of thioether (sulfide) groups is 1. The number of carbonyl (C=O) groups excluding carboxylic acids is 4. The Morgan fingerprint density at radius 1 is 1.17 bits per heavy atom. The van der Waals surface area contributed by atoms with Gasteiger partial charge in [0.25, 0.3) is 11.8 Å². The van der Waals surface area contributed by atoms with Crippen molar-refractivity contribution in [3.63, 3.8) is 0 Å². The summed E-state index contributed by atoms with van der Waals surface area (Å²) in [4.78, 5) is 45.1. The van der Waals surface area contributed by atoms with E-state index in [0.717, 1.165) is 18.6 Å². The molecule has 2 aliphatic rings. The second-order valence-electron chi connectivity index (χ2n) is 5.93. The van der Waals surface area contributed by atoms with Crippen molar-refractivity contribution in [2.45, 2.75) is 55.9 Å². The summed E-state index contributed by atoms with van der Waals surface area (Å²) in [5.41, 5.74) is 4.91. The van der Waals surface area contributed by atoms with E-state index in [0.29, 0.717) is 11.7 Å². The first-order valence-electron chi connectivity index (χ1n) is 7.90. The molecule has 2 saturated heterocycles. The van der Waals surface area contributed by atoms with Crippen molar-refractivity contribution in [1.82, 2.24) is 15.7 Å². The van der Waals surface area contributed by atoms with Crippen LogP contribution in [0.15, 0.2) is 0 Å². The lowest BCUT2D eigenvalue weighted by molar-refractivity contribution is -0.179. The van der Waals surface area contributed by atoms with Gasteiger partial charge in [-0.15, -0.1) is 0 Å². The zero-order valence-corrected chi connectivity index (χ0v) is 14.0. The quantitative estimate of drug-likeness (QED) is 0.203. The molecule has 0 radical (unpaired) electrons. The molecule has 2 heterocycles. The van der Waals surface area contributed by atoms with Crippen molar-refractivity contribution in [2.24, 2.45) is 5.73 Å². The predicted molar refractivity (Wildman–Crippen MR) is 86.0 cm³/mol. The number of primary amides is 1. The largest absolute Gasteiger partial charge is 0.370 e. The number of nitrogens with zero attached hydrogens (tertiary/aromatic N) is 1. The number of imide groups is 1. The van der Waals surface area contributed by atoms with Crippen molar-refractivity contribution in [3.05, 3.63) is 0 Å². The molecule has 0 saturated carbocycles. The van der Waals surface area contributed by atoms with E-state index in [2.05, 4.69) is 10.6 Å². The van der Waals surface area contributed by atoms with Gasteiger partial charge in [0, 0.05) is 30.3 Å². The van der Waals surface area contributed by atoms with Crippen LogP contribution in [0.25, 0.3) is 0 Å². The molecule has 2 fully saturated rings. The molecule has 5 amide bonds. The zero-order valence-electron chi connectivity index (χ0n) is 13.2. The second kappa shape index (κ2) is 8.34. The molecule has 0 bridgehead atoms. The number of carbonyl (C=O) groups is 4. The van der Waals surface area contributed by atoms with Gasteiger partial charge in [-0.05, 0) is 12.8 Å². The second-order valence-corrected chi connectivity index (χ2v) is 7.21. The van der Waals surface area contributed by atoms with Crippen LogP contribution in [-0.2, 0) is 14.4 Å². The Hall–Kier alpha value is -1.81. The van der Waals surface area contributed by atoms with Crippen LogP contribution in [0, 0.1) is 0 Å². The van der Waals surface area contributed by atoms with E-state index in [1.165, 1.54) is 0 Å². The van der Waals surface area contributed by atoms with Crippen LogP contribution in [0.5, 0.6) is 0 Å². The first-order valence-corrected chi connectivity index (χ1v) is 8.95. The van der Waals surface area contributed by atoms with Gasteiger partial charge in [-0.2, -0.15) is 16.8 Å². The number of urea groups is 1. The minimum Gasteiger partial charge on any atom is -0.370 e. The first-order chi connectivity index (χ1) is 11.4. The van der Waals surface area contributed by atoms with Gasteiger partial charge in [-0.1, -0.05) is 6.42 Å². The van der Waals surface area contributed by atoms with Gasteiger partial charge in [0.15, 0.2) is 0 Å². The maximum atomic E-state index is 11.7. The van der Waals surface area contributed by atoms with E-state index in [-0.39, 0.29) is 42.4 Å². The van der Waals surface area contributed by atoms with Crippen LogP contribution < -0.4 is 16.4 Å². The molecule has 9 nitrogen and oxygen atoms in total. The third-order valence-corrected chi connectivity index (χ3v) is 5.63. The van der Waals surface area contributed by atoms with Gasteiger partial charge in [0.2, 0.25) is 5.91 Å². The number of fused-ring (bicyclic) bond motifs is 1. The molecular formula is C14H22N4O5S. The summed E-state index contributed by atoms with van der Waals surface area (Å²) in [5.74, 6) is -1.29. The number of unbranched alkanes of at least 4 members (excludes halogenated alkanes) is 1. The molecule has 5 N–H and O–H groups in total. The number of hydroxylamine groups is 2. The lowest BCUT2D eigenvalue weighted by Crippen LogP contribution is -2.36. The summed E-state index contributed by atoms with van der Waals surface area (Å²) in [6.45, 7) is 0. The Bertz CT molecular complexity index is 529. The number of hydrogen-bond acceptors (Lipinski definition) is 6. The normalized spacial score (nSPS) is 24.9. The fourth-order valence-corrected chi connectivity index (χ4v) is 4.39. The third kappa shape index (κ3) is 4.84. The average molecular weight is 358 g/mol. The number of amides is 5. The number of rotatable bonds is 8. The van der Waals surface area contributed by atoms with Gasteiger partial charge in [0.05, 0.1) is 12.1 Å². The molecule has 10 heteroatoms. The van der Waals surface area contributed by atoms with E-state index in [1.54, 1.807) is 11.8 Å². The molecular weight excluding hydrogens is 336 g/mol. The van der Waals surface area contributed by atoms with Crippen molar-refractivity contribution in [3.8, 4) is 0 Å². The minimum atomic E-state index is -0.826. The number of hydrogen-bond donors (Lipinski definition) is 4. The van der Waals surface area contributed by atoms with E-state index in [9.17, 15) is 24.4 Å². The molecule has 2 rings (SSSR count). The van der Waals surface area contributed by atoms with E-state index >= 15 is 0 Å². The van der Waals surface area contributed by atoms with Crippen molar-refractivity contribution < 1.29 is 24.4 Å². The maximum absolute atomic E-state index is 11.7. The molecule has 0 aromatic rings. The molecule has 0 aliphatic carbocycles. The van der Waals surface area contributed by atoms with Crippen LogP contribution in [0.1, 0.15) is 38.5 Å². The Kier molecular flexibility index (Phi) is 6.44. The van der Waals surface area contributed by atoms with Gasteiger partial charge >= 0.3 is 6.03 Å². The van der Waals surface area contributed by atoms with Crippen LogP contribution in [0.2, 0.25) is 0 Å². The summed E-state index contributed by atoms with van der Waals surface area (Å²) >= 11 is 1.80. The summed E-state index contributed by atoms with van der Waals surface area (Å²) in [7, 11) is 0. The van der Waals surface area contributed by atoms with E-state index in [4.69, 9.17) is 5.73 Å². The standard InChI is InChI=1S/C14H22N4O5S/c15-10(19)5-6-12(21)18(23)11(20)4-2-1-3-9-13-8(7-24-9)16-14(22)17-13/h8-9,13,23H,1-7H2,(H2,15,19)(H2,16,17,22)/t8-,9-,13-/m0/s1. The molecule has 0 aromatic heterocycles. The SMILES string of the molecule is NC(=O)CCC(=O)N(O)C(=O)CCCC[C@@H]1SC[C@@H]2NC(=O)N[C@@H]21. The van der Waals surface area contributed by atoms with Crippen LogP contribution in [0.4, 0.5) is 4.79 Å². The van der Waals surface area contributed by atoms with E-state index in [1.807, 2.05) is 0 Å². The summed E-state index contributed by atoms with van der Waals surface area (Å²) in [6.07, 6.45) is 1.70. The highest BCUT2D eigenvalue weighted by molar-refractivity contribution is 8.00. The highest BCUT2D eigenvalue weighted by Crippen LogP contribution is 2.33. The highest BCUT2D eigenvalue weighted by atomic mass is 32.2. The number of nitrogens with one attached hydrogen (secondary N) is 2. The average Bonchev–Trinajstić information content (AvgIpc) is 3.07. The Labute approximate surface area is 143 Å². The minimum absolute atomic E-state index is 0.0505. The Morgan fingerprint density at radius 2 is 1.88 bits per heavy atom. The van der Waals surface area contributed by atoms with Crippen LogP contribution in [0.3, 0.4) is 0 Å². The topological polar surface area (TPSA) is 142 Å². The lowest BCUT2D eigenvalue weighted by atomic mass is 10.0. The summed E-state index contributed by atoms with van der Waals surface area (Å²) in [6, 6.07) is 0.170. The molecule has 3 atom stereocenters. The van der Waals surface area contributed by atoms with Gasteiger partial charge in [0.1, 0.15) is 0 Å². The van der Waals surface area contributed by atoms with Crippen LogP contribution >= 0.6 is 11.8 Å². The fraction of sp³-hybridized carbons (Fsp3) is 0.714. The molecule has 0 spiro atoms. The first kappa shape index (κ1) is 18.5. The monoisotopic (exact) mass is 358 g/mol. The molecule has 0 aromatic carbocycles. The smallest absolute Gasteiger partial charge is 0.315 e. The third-order valence-electron chi connectivity index (χ3n) is 4.13. The predicted octanol–water partition coefficient (Wildman–Crippen LogP) is -0.278. The molecule has 24 heavy (non-hydrogen) atoms. The maximum Gasteiger partial charge on any atom is 0.315 e. The van der Waals surface area contributed by atoms with Gasteiger partial charge < -0.3 is 16.4 Å². The van der Waals surface area contributed by atoms with Gasteiger partial charge in [-0.25, -0.2) is 4.79 Å². The van der Waals surface area contributed by atoms with E-state index < -0.39 is 17.7 Å². The van der Waals surface area contributed by atoms with Crippen LogP contribution in [-0.4, -0.2) is 57.1 Å².